The van der Waals surface area contributed by atoms with Crippen molar-refractivity contribution >= 4 is 47.4 Å². The lowest BCUT2D eigenvalue weighted by molar-refractivity contribution is -0.119. The Hall–Kier alpha value is -0.560. The average molecular weight is 371 g/mol. The van der Waals surface area contributed by atoms with Crippen molar-refractivity contribution in [2.24, 2.45) is 11.7 Å². The number of alkyl halides is 2. The van der Waals surface area contributed by atoms with Crippen LogP contribution in [-0.4, -0.2) is 24.1 Å². The number of thioether (sulfide) groups is 1. The number of carbonyl (C=O) groups excluding carboxylic acids is 1. The maximum Gasteiger partial charge on any atom is 0.247 e. The monoisotopic (exact) mass is 370 g/mol. The first-order valence-corrected chi connectivity index (χ1v) is 8.09. The third kappa shape index (κ3) is 5.26. The molecular formula is C14H18Cl2F2N2OS. The van der Waals surface area contributed by atoms with Crippen molar-refractivity contribution in [3.8, 4) is 0 Å². The summed E-state index contributed by atoms with van der Waals surface area (Å²) in [4.78, 5) is 12.7. The molecule has 0 bridgehead atoms. The fourth-order valence-electron chi connectivity index (χ4n) is 2.39. The van der Waals surface area contributed by atoms with Crippen molar-refractivity contribution < 1.29 is 13.6 Å². The number of nitrogens with one attached hydrogen (secondary N) is 1. The minimum atomic E-state index is -2.43. The van der Waals surface area contributed by atoms with Crippen molar-refractivity contribution in [1.82, 2.24) is 0 Å². The third-order valence-electron chi connectivity index (χ3n) is 3.42. The Morgan fingerprint density at radius 1 is 1.45 bits per heavy atom. The summed E-state index contributed by atoms with van der Waals surface area (Å²) >= 11 is 6.99. The number of halogens is 4. The van der Waals surface area contributed by atoms with Crippen molar-refractivity contribution in [2.45, 2.75) is 36.6 Å². The highest BCUT2D eigenvalue weighted by atomic mass is 35.5. The predicted octanol–water partition coefficient (Wildman–Crippen LogP) is 4.18. The molecule has 0 aromatic heterocycles. The molecule has 2 unspecified atom stereocenters. The Morgan fingerprint density at radius 2 is 2.18 bits per heavy atom. The molecule has 22 heavy (non-hydrogen) atoms. The van der Waals surface area contributed by atoms with Crippen LogP contribution in [0.2, 0.25) is 5.02 Å². The fraction of sp³-hybridized carbons (Fsp3) is 0.500. The van der Waals surface area contributed by atoms with Gasteiger partial charge in [0.05, 0.1) is 16.5 Å². The molecule has 0 spiro atoms. The van der Waals surface area contributed by atoms with Gasteiger partial charge < -0.3 is 11.1 Å². The summed E-state index contributed by atoms with van der Waals surface area (Å²) < 4.78 is 24.7. The molecule has 3 nitrogen and oxygen atoms in total. The zero-order valence-electron chi connectivity index (χ0n) is 11.7. The molecular weight excluding hydrogens is 353 g/mol. The molecule has 3 N–H and O–H groups in total. The molecule has 2 atom stereocenters. The standard InChI is InChI=1S/C14H17ClF2N2OS.ClH/c15-10-2-1-3-11(13(10)21-7-12(16)17)19-14(20)8-4-5-9(18)6-8;/h1-3,8-9,12H,4-7,18H2,(H,19,20);1H. The Balaban J connectivity index is 0.00000242. The lowest BCUT2D eigenvalue weighted by Gasteiger charge is -2.15. The number of benzene rings is 1. The van der Waals surface area contributed by atoms with Crippen molar-refractivity contribution in [2.75, 3.05) is 11.1 Å². The topological polar surface area (TPSA) is 55.1 Å². The van der Waals surface area contributed by atoms with E-state index in [-0.39, 0.29) is 36.0 Å². The van der Waals surface area contributed by atoms with Gasteiger partial charge in [0.25, 0.3) is 0 Å². The van der Waals surface area contributed by atoms with E-state index in [1.54, 1.807) is 18.2 Å². The van der Waals surface area contributed by atoms with E-state index in [0.29, 0.717) is 22.0 Å². The van der Waals surface area contributed by atoms with Gasteiger partial charge in [-0.1, -0.05) is 17.7 Å². The summed E-state index contributed by atoms with van der Waals surface area (Å²) in [6.07, 6.45) is -0.178. The van der Waals surface area contributed by atoms with Gasteiger partial charge in [0.2, 0.25) is 12.3 Å². The quantitative estimate of drug-likeness (QED) is 0.764. The van der Waals surface area contributed by atoms with Crippen LogP contribution >= 0.6 is 35.8 Å². The first-order valence-electron chi connectivity index (χ1n) is 6.73. The van der Waals surface area contributed by atoms with E-state index >= 15 is 0 Å². The second-order valence-electron chi connectivity index (χ2n) is 5.08. The van der Waals surface area contributed by atoms with E-state index in [2.05, 4.69) is 5.32 Å². The molecule has 1 aliphatic carbocycles. The van der Waals surface area contributed by atoms with E-state index in [0.717, 1.165) is 24.6 Å². The summed E-state index contributed by atoms with van der Waals surface area (Å²) in [5, 5.41) is 3.16. The van der Waals surface area contributed by atoms with Gasteiger partial charge in [0, 0.05) is 16.9 Å². The molecule has 0 aliphatic heterocycles. The fourth-order valence-corrected chi connectivity index (χ4v) is 3.50. The van der Waals surface area contributed by atoms with E-state index in [1.807, 2.05) is 0 Å². The van der Waals surface area contributed by atoms with Crippen molar-refractivity contribution in [1.29, 1.82) is 0 Å². The van der Waals surface area contributed by atoms with E-state index in [9.17, 15) is 13.6 Å². The number of anilines is 1. The molecule has 1 saturated carbocycles. The molecule has 1 aromatic carbocycles. The highest BCUT2D eigenvalue weighted by Gasteiger charge is 2.28. The molecule has 124 valence electrons. The van der Waals surface area contributed by atoms with Crippen LogP contribution in [0.1, 0.15) is 19.3 Å². The molecule has 1 fully saturated rings. The number of nitrogens with two attached hydrogens (primary N) is 1. The molecule has 1 aromatic rings. The van der Waals surface area contributed by atoms with Crippen LogP contribution in [0.4, 0.5) is 14.5 Å². The molecule has 1 aliphatic rings. The Labute approximate surface area is 143 Å². The molecule has 1 amide bonds. The third-order valence-corrected chi connectivity index (χ3v) is 5.00. The average Bonchev–Trinajstić information content (AvgIpc) is 2.84. The largest absolute Gasteiger partial charge is 0.328 e. The minimum Gasteiger partial charge on any atom is -0.328 e. The first-order chi connectivity index (χ1) is 9.97. The van der Waals surface area contributed by atoms with Crippen molar-refractivity contribution in [3.63, 3.8) is 0 Å². The minimum absolute atomic E-state index is 0. The molecule has 0 radical (unpaired) electrons. The van der Waals surface area contributed by atoms with Gasteiger partial charge in [0.1, 0.15) is 0 Å². The van der Waals surface area contributed by atoms with Crippen LogP contribution in [0.25, 0.3) is 0 Å². The molecule has 8 heteroatoms. The van der Waals surface area contributed by atoms with Gasteiger partial charge >= 0.3 is 0 Å². The number of hydrogen-bond acceptors (Lipinski definition) is 3. The van der Waals surface area contributed by atoms with Crippen LogP contribution in [0, 0.1) is 5.92 Å². The van der Waals surface area contributed by atoms with E-state index in [4.69, 9.17) is 17.3 Å². The zero-order chi connectivity index (χ0) is 15.4. The van der Waals surface area contributed by atoms with E-state index in [1.165, 1.54) is 0 Å². The Bertz CT molecular complexity index is 520. The smallest absolute Gasteiger partial charge is 0.247 e. The van der Waals surface area contributed by atoms with Crippen LogP contribution in [-0.2, 0) is 4.79 Å². The predicted molar refractivity (Wildman–Crippen MR) is 89.4 cm³/mol. The maximum atomic E-state index is 12.4. The van der Waals surface area contributed by atoms with Gasteiger partial charge in [-0.3, -0.25) is 4.79 Å². The second kappa shape index (κ2) is 8.91. The number of amides is 1. The summed E-state index contributed by atoms with van der Waals surface area (Å²) in [7, 11) is 0. The summed E-state index contributed by atoms with van der Waals surface area (Å²) in [5.74, 6) is -0.600. The van der Waals surface area contributed by atoms with Crippen LogP contribution in [0.3, 0.4) is 0 Å². The van der Waals surface area contributed by atoms with Gasteiger partial charge in [-0.15, -0.1) is 24.2 Å². The second-order valence-corrected chi connectivity index (χ2v) is 6.52. The normalized spacial score (nSPS) is 20.8. The Morgan fingerprint density at radius 3 is 2.77 bits per heavy atom. The van der Waals surface area contributed by atoms with Crippen LogP contribution in [0.15, 0.2) is 23.1 Å². The highest BCUT2D eigenvalue weighted by Crippen LogP contribution is 2.36. The lowest BCUT2D eigenvalue weighted by atomic mass is 10.1. The molecule has 0 heterocycles. The number of hydrogen-bond donors (Lipinski definition) is 2. The summed E-state index contributed by atoms with van der Waals surface area (Å²) in [6, 6.07) is 5.04. The molecule has 2 rings (SSSR count). The van der Waals surface area contributed by atoms with E-state index < -0.39 is 6.43 Å². The van der Waals surface area contributed by atoms with Crippen LogP contribution < -0.4 is 11.1 Å². The van der Waals surface area contributed by atoms with Gasteiger partial charge in [0.15, 0.2) is 0 Å². The van der Waals surface area contributed by atoms with Gasteiger partial charge in [-0.25, -0.2) is 8.78 Å². The van der Waals surface area contributed by atoms with Crippen molar-refractivity contribution in [3.05, 3.63) is 23.2 Å². The Kier molecular flexibility index (Phi) is 7.89. The van der Waals surface area contributed by atoms with Crippen LogP contribution in [0.5, 0.6) is 0 Å². The summed E-state index contributed by atoms with van der Waals surface area (Å²) in [6.45, 7) is 0. The SMILES string of the molecule is Cl.NC1CCC(C(=O)Nc2cccc(Cl)c2SCC(F)F)C1. The molecule has 0 saturated heterocycles. The maximum absolute atomic E-state index is 12.4. The summed E-state index contributed by atoms with van der Waals surface area (Å²) in [5.41, 5.74) is 6.29. The van der Waals surface area contributed by atoms with Gasteiger partial charge in [-0.05, 0) is 31.4 Å². The number of carbonyl (C=O) groups is 1. The van der Waals surface area contributed by atoms with Gasteiger partial charge in [-0.2, -0.15) is 0 Å². The highest BCUT2D eigenvalue weighted by molar-refractivity contribution is 7.99. The lowest BCUT2D eigenvalue weighted by Crippen LogP contribution is -2.23. The zero-order valence-corrected chi connectivity index (χ0v) is 14.1. The number of rotatable bonds is 5. The first kappa shape index (κ1) is 19.5.